The molecule has 0 radical (unpaired) electrons. The third-order valence-electron chi connectivity index (χ3n) is 7.24. The van der Waals surface area contributed by atoms with Crippen LogP contribution in [0.4, 0.5) is 11.8 Å². The smallest absolute Gasteiger partial charge is 0.272 e. The standard InChI is InChI=1S/C29H27ClN8O3S/c30-23-16-32-29(34-19-8-6-7-18(15-19)33-28(39)24-13-14-26(31)37-36-24)35-27(23)22-17-38(25-12-5-4-11-21(22)25)42(40,41)20-9-2-1-3-10-20/h1-5,9-14,16-19H,6-8,15H2,(H2,31,37)(H,33,39)(H,32,34,35)/t18-,19+/m0/s1. The van der Waals surface area contributed by atoms with Gasteiger partial charge in [0.25, 0.3) is 15.9 Å². The van der Waals surface area contributed by atoms with E-state index in [0.29, 0.717) is 39.6 Å². The van der Waals surface area contributed by atoms with Gasteiger partial charge in [-0.1, -0.05) is 48.0 Å². The quantitative estimate of drug-likeness (QED) is 0.244. The lowest BCUT2D eigenvalue weighted by Gasteiger charge is -2.30. The minimum Gasteiger partial charge on any atom is -0.382 e. The van der Waals surface area contributed by atoms with Crippen molar-refractivity contribution in [2.24, 2.45) is 0 Å². The van der Waals surface area contributed by atoms with Crippen molar-refractivity contribution in [3.63, 3.8) is 0 Å². The molecule has 1 saturated carbocycles. The van der Waals surface area contributed by atoms with E-state index in [1.54, 1.807) is 54.7 Å². The molecular weight excluding hydrogens is 576 g/mol. The fourth-order valence-electron chi connectivity index (χ4n) is 5.23. The summed E-state index contributed by atoms with van der Waals surface area (Å²) in [6.45, 7) is 0. The lowest BCUT2D eigenvalue weighted by Crippen LogP contribution is -2.42. The minimum absolute atomic E-state index is 0.00428. The number of para-hydroxylation sites is 1. The number of anilines is 2. The maximum Gasteiger partial charge on any atom is 0.272 e. The van der Waals surface area contributed by atoms with Gasteiger partial charge in [-0.2, -0.15) is 0 Å². The number of hydrogen-bond acceptors (Lipinski definition) is 9. The number of rotatable bonds is 7. The van der Waals surface area contributed by atoms with Crippen LogP contribution < -0.4 is 16.4 Å². The molecule has 5 aromatic rings. The van der Waals surface area contributed by atoms with Gasteiger partial charge in [-0.3, -0.25) is 4.79 Å². The first-order chi connectivity index (χ1) is 20.3. The van der Waals surface area contributed by atoms with Crippen LogP contribution in [0.3, 0.4) is 0 Å². The van der Waals surface area contributed by atoms with Crippen LogP contribution in [0.15, 0.2) is 84.0 Å². The van der Waals surface area contributed by atoms with Crippen molar-refractivity contribution in [3.05, 3.63) is 89.8 Å². The van der Waals surface area contributed by atoms with Gasteiger partial charge in [-0.05, 0) is 56.0 Å². The molecule has 6 rings (SSSR count). The fourth-order valence-corrected chi connectivity index (χ4v) is 6.81. The molecule has 11 nitrogen and oxygen atoms in total. The molecule has 2 aromatic carbocycles. The van der Waals surface area contributed by atoms with Crippen molar-refractivity contribution in [3.8, 4) is 11.3 Å². The summed E-state index contributed by atoms with van der Waals surface area (Å²) < 4.78 is 28.4. The maximum atomic E-state index is 13.6. The SMILES string of the molecule is Nc1ccc(C(=O)N[C@H]2CCC[C@@H](Nc3ncc(Cl)c(-c4cn(S(=O)(=O)c5ccccc5)c5ccccc45)n3)C2)nn1. The molecule has 13 heteroatoms. The van der Waals surface area contributed by atoms with Gasteiger partial charge < -0.3 is 16.4 Å². The minimum atomic E-state index is -3.87. The molecule has 214 valence electrons. The maximum absolute atomic E-state index is 13.6. The number of nitrogens with zero attached hydrogens (tertiary/aromatic N) is 5. The van der Waals surface area contributed by atoms with Gasteiger partial charge in [0, 0.05) is 29.2 Å². The monoisotopic (exact) mass is 602 g/mol. The Hall–Kier alpha value is -4.55. The van der Waals surface area contributed by atoms with E-state index in [1.165, 1.54) is 16.2 Å². The lowest BCUT2D eigenvalue weighted by molar-refractivity contribution is 0.0920. The zero-order valence-electron chi connectivity index (χ0n) is 22.3. The van der Waals surface area contributed by atoms with E-state index in [1.807, 2.05) is 12.1 Å². The van der Waals surface area contributed by atoms with Crippen molar-refractivity contribution in [2.45, 2.75) is 42.7 Å². The van der Waals surface area contributed by atoms with Crippen LogP contribution in [-0.2, 0) is 10.0 Å². The second kappa shape index (κ2) is 11.4. The Morgan fingerprint density at radius 3 is 2.52 bits per heavy atom. The largest absolute Gasteiger partial charge is 0.382 e. The fraction of sp³-hybridized carbons (Fsp3) is 0.207. The van der Waals surface area contributed by atoms with Gasteiger partial charge in [0.2, 0.25) is 5.95 Å². The highest BCUT2D eigenvalue weighted by Crippen LogP contribution is 2.36. The highest BCUT2D eigenvalue weighted by atomic mass is 35.5. The summed E-state index contributed by atoms with van der Waals surface area (Å²) in [4.78, 5) is 21.9. The molecule has 1 aliphatic rings. The van der Waals surface area contributed by atoms with E-state index in [9.17, 15) is 13.2 Å². The second-order valence-corrected chi connectivity index (χ2v) is 12.3. The van der Waals surface area contributed by atoms with E-state index in [-0.39, 0.29) is 34.4 Å². The predicted octanol–water partition coefficient (Wildman–Crippen LogP) is 4.51. The van der Waals surface area contributed by atoms with Gasteiger partial charge in [-0.25, -0.2) is 22.4 Å². The van der Waals surface area contributed by atoms with Crippen LogP contribution in [0.2, 0.25) is 5.02 Å². The Morgan fingerprint density at radius 1 is 0.976 bits per heavy atom. The van der Waals surface area contributed by atoms with E-state index in [0.717, 1.165) is 19.3 Å². The molecule has 0 unspecified atom stereocenters. The molecule has 1 fully saturated rings. The number of nitrogen functional groups attached to an aromatic ring is 1. The second-order valence-electron chi connectivity index (χ2n) is 10.1. The average molecular weight is 603 g/mol. The Kier molecular flexibility index (Phi) is 7.48. The molecule has 0 aliphatic heterocycles. The molecule has 2 atom stereocenters. The van der Waals surface area contributed by atoms with Gasteiger partial charge in [0.1, 0.15) is 5.82 Å². The number of amides is 1. The number of fused-ring (bicyclic) bond motifs is 1. The predicted molar refractivity (Wildman–Crippen MR) is 161 cm³/mol. The number of nitrogens with two attached hydrogens (primary N) is 1. The van der Waals surface area contributed by atoms with Crippen molar-refractivity contribution in [1.82, 2.24) is 29.5 Å². The Balaban J connectivity index is 1.25. The summed E-state index contributed by atoms with van der Waals surface area (Å²) in [5.74, 6) is 0.303. The van der Waals surface area contributed by atoms with E-state index in [4.69, 9.17) is 22.3 Å². The molecule has 1 aliphatic carbocycles. The Morgan fingerprint density at radius 2 is 1.74 bits per heavy atom. The van der Waals surface area contributed by atoms with E-state index in [2.05, 4.69) is 25.8 Å². The number of hydrogen-bond donors (Lipinski definition) is 3. The summed E-state index contributed by atoms with van der Waals surface area (Å²) in [6.07, 6.45) is 6.30. The number of aromatic nitrogens is 5. The first-order valence-electron chi connectivity index (χ1n) is 13.4. The highest BCUT2D eigenvalue weighted by molar-refractivity contribution is 7.90. The highest BCUT2D eigenvalue weighted by Gasteiger charge is 2.26. The van der Waals surface area contributed by atoms with E-state index >= 15 is 0 Å². The lowest BCUT2D eigenvalue weighted by atomic mass is 9.91. The number of benzene rings is 2. The molecule has 0 bridgehead atoms. The number of carbonyl (C=O) groups is 1. The molecule has 0 saturated heterocycles. The molecule has 0 spiro atoms. The summed E-state index contributed by atoms with van der Waals surface area (Å²) in [6, 6.07) is 18.5. The van der Waals surface area contributed by atoms with Crippen LogP contribution in [0.1, 0.15) is 36.2 Å². The van der Waals surface area contributed by atoms with Crippen molar-refractivity contribution >= 4 is 50.2 Å². The third-order valence-corrected chi connectivity index (χ3v) is 9.20. The first-order valence-corrected chi connectivity index (χ1v) is 15.2. The molecule has 4 N–H and O–H groups in total. The van der Waals surface area contributed by atoms with Gasteiger partial charge in [0.05, 0.1) is 27.3 Å². The van der Waals surface area contributed by atoms with Crippen molar-refractivity contribution in [1.29, 1.82) is 0 Å². The Labute approximate surface area is 247 Å². The molecule has 1 amide bonds. The number of halogens is 1. The zero-order valence-corrected chi connectivity index (χ0v) is 23.9. The molecule has 3 aromatic heterocycles. The third kappa shape index (κ3) is 5.50. The molecule has 42 heavy (non-hydrogen) atoms. The number of nitrogens with one attached hydrogen (secondary N) is 2. The zero-order chi connectivity index (χ0) is 29.3. The van der Waals surface area contributed by atoms with Crippen molar-refractivity contribution < 1.29 is 13.2 Å². The van der Waals surface area contributed by atoms with Gasteiger partial charge in [-0.15, -0.1) is 10.2 Å². The Bertz CT molecular complexity index is 1860. The van der Waals surface area contributed by atoms with Crippen LogP contribution in [0.25, 0.3) is 22.2 Å². The van der Waals surface area contributed by atoms with Crippen LogP contribution >= 0.6 is 11.6 Å². The average Bonchev–Trinajstić information content (AvgIpc) is 3.39. The summed E-state index contributed by atoms with van der Waals surface area (Å²) in [5, 5.41) is 15.0. The van der Waals surface area contributed by atoms with Crippen LogP contribution in [-0.4, -0.2) is 50.5 Å². The van der Waals surface area contributed by atoms with Gasteiger partial charge in [0.15, 0.2) is 5.69 Å². The first kappa shape index (κ1) is 27.6. The summed E-state index contributed by atoms with van der Waals surface area (Å²) >= 11 is 6.59. The topological polar surface area (TPSA) is 158 Å². The van der Waals surface area contributed by atoms with Gasteiger partial charge >= 0.3 is 0 Å². The van der Waals surface area contributed by atoms with Crippen LogP contribution in [0, 0.1) is 0 Å². The normalized spacial score (nSPS) is 17.2. The van der Waals surface area contributed by atoms with E-state index < -0.39 is 10.0 Å². The summed E-state index contributed by atoms with van der Waals surface area (Å²) in [7, 11) is -3.87. The number of carbonyl (C=O) groups excluding carboxylic acids is 1. The molecule has 3 heterocycles. The molecular formula is C29H27ClN8O3S. The van der Waals surface area contributed by atoms with Crippen molar-refractivity contribution in [2.75, 3.05) is 11.1 Å². The summed E-state index contributed by atoms with van der Waals surface area (Å²) in [5.41, 5.74) is 7.27. The van der Waals surface area contributed by atoms with Crippen LogP contribution in [0.5, 0.6) is 0 Å².